The van der Waals surface area contributed by atoms with E-state index in [-0.39, 0.29) is 24.3 Å². The molecule has 0 aliphatic rings. The molecule has 0 fully saturated rings. The van der Waals surface area contributed by atoms with Gasteiger partial charge in [-0.2, -0.15) is 0 Å². The molecule has 0 saturated carbocycles. The summed E-state index contributed by atoms with van der Waals surface area (Å²) in [5, 5.41) is 13.5. The molecular weight excluding hydrogens is 296 g/mol. The minimum absolute atomic E-state index is 0.0836. The highest BCUT2D eigenvalue weighted by molar-refractivity contribution is 6.07. The molecule has 1 amide bonds. The molecule has 116 valence electrons. The zero-order valence-corrected chi connectivity index (χ0v) is 12.1. The third-order valence-corrected chi connectivity index (χ3v) is 3.58. The van der Waals surface area contributed by atoms with Gasteiger partial charge in [-0.15, -0.1) is 0 Å². The Balaban J connectivity index is 2.00. The number of aromatic amines is 1. The highest BCUT2D eigenvalue weighted by Gasteiger charge is 2.08. The Morgan fingerprint density at radius 3 is 2.48 bits per heavy atom. The number of carbonyl (C=O) groups is 2. The van der Waals surface area contributed by atoms with Crippen molar-refractivity contribution >= 4 is 39.2 Å². The van der Waals surface area contributed by atoms with Crippen molar-refractivity contribution in [2.45, 2.75) is 12.8 Å². The van der Waals surface area contributed by atoms with Crippen LogP contribution in [-0.4, -0.2) is 22.0 Å². The van der Waals surface area contributed by atoms with Crippen molar-refractivity contribution in [3.05, 3.63) is 52.8 Å². The van der Waals surface area contributed by atoms with Gasteiger partial charge >= 0.3 is 5.97 Å². The number of benzene rings is 2. The fourth-order valence-electron chi connectivity index (χ4n) is 2.50. The number of pyridine rings is 1. The van der Waals surface area contributed by atoms with E-state index >= 15 is 0 Å². The summed E-state index contributed by atoms with van der Waals surface area (Å²) >= 11 is 0. The van der Waals surface area contributed by atoms with Crippen molar-refractivity contribution in [3.63, 3.8) is 0 Å². The molecule has 1 heterocycles. The lowest BCUT2D eigenvalue weighted by atomic mass is 10.1. The summed E-state index contributed by atoms with van der Waals surface area (Å²) in [7, 11) is 0. The third kappa shape index (κ3) is 3.06. The lowest BCUT2D eigenvalue weighted by Crippen LogP contribution is -2.13. The lowest BCUT2D eigenvalue weighted by Gasteiger charge is -2.08. The summed E-state index contributed by atoms with van der Waals surface area (Å²) in [6.45, 7) is 0. The molecule has 3 rings (SSSR count). The molecule has 0 aliphatic heterocycles. The molecule has 2 aromatic carbocycles. The van der Waals surface area contributed by atoms with Gasteiger partial charge < -0.3 is 15.4 Å². The van der Waals surface area contributed by atoms with E-state index in [9.17, 15) is 14.4 Å². The van der Waals surface area contributed by atoms with Gasteiger partial charge in [0.15, 0.2) is 0 Å². The van der Waals surface area contributed by atoms with Crippen LogP contribution < -0.4 is 10.9 Å². The van der Waals surface area contributed by atoms with Crippen LogP contribution in [0.15, 0.2) is 47.3 Å². The summed E-state index contributed by atoms with van der Waals surface area (Å²) in [6, 6.07) is 12.4. The average molecular weight is 310 g/mol. The number of carbonyl (C=O) groups excluding carboxylic acids is 1. The second-order valence-electron chi connectivity index (χ2n) is 5.20. The molecule has 0 bridgehead atoms. The van der Waals surface area contributed by atoms with Crippen LogP contribution in [0.25, 0.3) is 21.7 Å². The van der Waals surface area contributed by atoms with Crippen molar-refractivity contribution in [3.8, 4) is 0 Å². The number of amides is 1. The van der Waals surface area contributed by atoms with Gasteiger partial charge in [-0.1, -0.05) is 18.2 Å². The second kappa shape index (κ2) is 5.92. The normalized spacial score (nSPS) is 10.8. The largest absolute Gasteiger partial charge is 0.481 e. The maximum Gasteiger partial charge on any atom is 0.303 e. The molecule has 3 N–H and O–H groups in total. The number of aromatic nitrogens is 1. The summed E-state index contributed by atoms with van der Waals surface area (Å²) in [5.41, 5.74) is 1.08. The zero-order valence-electron chi connectivity index (χ0n) is 12.1. The van der Waals surface area contributed by atoms with E-state index in [1.54, 1.807) is 30.3 Å². The van der Waals surface area contributed by atoms with E-state index < -0.39 is 5.97 Å². The molecule has 0 atom stereocenters. The Hall–Kier alpha value is -3.15. The highest BCUT2D eigenvalue weighted by atomic mass is 16.4. The number of carboxylic acid groups (broad SMARTS) is 1. The minimum atomic E-state index is -1.01. The first-order valence-corrected chi connectivity index (χ1v) is 7.11. The quantitative estimate of drug-likeness (QED) is 0.645. The van der Waals surface area contributed by atoms with Crippen molar-refractivity contribution in [1.82, 2.24) is 4.98 Å². The molecule has 1 aromatic heterocycles. The summed E-state index contributed by atoms with van der Waals surface area (Å²) in [5.74, 6) is -1.37. The van der Waals surface area contributed by atoms with Crippen LogP contribution in [-0.2, 0) is 9.59 Å². The van der Waals surface area contributed by atoms with Gasteiger partial charge in [-0.25, -0.2) is 0 Å². The first-order chi connectivity index (χ1) is 11.0. The van der Waals surface area contributed by atoms with Crippen molar-refractivity contribution in [2.24, 2.45) is 0 Å². The predicted molar refractivity (Wildman–Crippen MR) is 87.6 cm³/mol. The number of nitrogens with one attached hydrogen (secondary N) is 2. The third-order valence-electron chi connectivity index (χ3n) is 3.58. The standard InChI is InChI=1S/C17H14N2O4/c20-15(7-8-16(21)22)18-10-5-6-14-13(9-10)11-3-1-2-4-12(11)17(23)19-14/h1-6,9H,7-8H2,(H,18,20)(H,19,23)(H,21,22). The first kappa shape index (κ1) is 14.8. The number of hydrogen-bond acceptors (Lipinski definition) is 3. The Morgan fingerprint density at radius 1 is 1.00 bits per heavy atom. The molecule has 6 nitrogen and oxygen atoms in total. The number of fused-ring (bicyclic) bond motifs is 3. The fraction of sp³-hybridized carbons (Fsp3) is 0.118. The maximum absolute atomic E-state index is 12.0. The van der Waals surface area contributed by atoms with Gasteiger partial charge in [0.2, 0.25) is 5.91 Å². The topological polar surface area (TPSA) is 99.3 Å². The van der Waals surface area contributed by atoms with Gasteiger partial charge in [0.1, 0.15) is 0 Å². The Bertz CT molecular complexity index is 975. The van der Waals surface area contributed by atoms with Crippen LogP contribution in [0.4, 0.5) is 5.69 Å². The van der Waals surface area contributed by atoms with Crippen molar-refractivity contribution in [1.29, 1.82) is 0 Å². The van der Waals surface area contributed by atoms with E-state index in [0.29, 0.717) is 16.6 Å². The average Bonchev–Trinajstić information content (AvgIpc) is 2.54. The van der Waals surface area contributed by atoms with Gasteiger partial charge in [0.05, 0.1) is 6.42 Å². The van der Waals surface area contributed by atoms with Crippen LogP contribution in [0.2, 0.25) is 0 Å². The first-order valence-electron chi connectivity index (χ1n) is 7.11. The van der Waals surface area contributed by atoms with E-state index in [1.165, 1.54) is 0 Å². The van der Waals surface area contributed by atoms with Gasteiger partial charge in [0, 0.05) is 28.4 Å². The summed E-state index contributed by atoms with van der Waals surface area (Å²) < 4.78 is 0. The van der Waals surface area contributed by atoms with Gasteiger partial charge in [0.25, 0.3) is 5.56 Å². The summed E-state index contributed by atoms with van der Waals surface area (Å²) in [6.07, 6.45) is -0.296. The SMILES string of the molecule is O=C(O)CCC(=O)Nc1ccc2[nH]c(=O)c3ccccc3c2c1. The Labute approximate surface area is 130 Å². The van der Waals surface area contributed by atoms with Crippen molar-refractivity contribution in [2.75, 3.05) is 5.32 Å². The van der Waals surface area contributed by atoms with E-state index in [2.05, 4.69) is 10.3 Å². The zero-order chi connectivity index (χ0) is 16.4. The molecule has 0 saturated heterocycles. The monoisotopic (exact) mass is 310 g/mol. The van der Waals surface area contributed by atoms with E-state index in [1.807, 2.05) is 12.1 Å². The molecule has 0 unspecified atom stereocenters. The molecular formula is C17H14N2O4. The Kier molecular flexibility index (Phi) is 3.80. The van der Waals surface area contributed by atoms with Crippen LogP contribution in [0.1, 0.15) is 12.8 Å². The molecule has 0 radical (unpaired) electrons. The number of rotatable bonds is 4. The Morgan fingerprint density at radius 2 is 1.74 bits per heavy atom. The summed E-state index contributed by atoms with van der Waals surface area (Å²) in [4.78, 5) is 37.1. The van der Waals surface area contributed by atoms with Crippen molar-refractivity contribution < 1.29 is 14.7 Å². The lowest BCUT2D eigenvalue weighted by molar-refractivity contribution is -0.138. The highest BCUT2D eigenvalue weighted by Crippen LogP contribution is 2.24. The van der Waals surface area contributed by atoms with Crippen LogP contribution >= 0.6 is 0 Å². The van der Waals surface area contributed by atoms with Crippen LogP contribution in [0.5, 0.6) is 0 Å². The van der Waals surface area contributed by atoms with E-state index in [4.69, 9.17) is 5.11 Å². The molecule has 0 aliphatic carbocycles. The second-order valence-corrected chi connectivity index (χ2v) is 5.20. The number of hydrogen-bond donors (Lipinski definition) is 3. The van der Waals surface area contributed by atoms with Crippen LogP contribution in [0.3, 0.4) is 0 Å². The number of carboxylic acids is 1. The fourth-order valence-corrected chi connectivity index (χ4v) is 2.50. The van der Waals surface area contributed by atoms with Gasteiger partial charge in [-0.05, 0) is 29.7 Å². The number of aliphatic carboxylic acids is 1. The smallest absolute Gasteiger partial charge is 0.303 e. The van der Waals surface area contributed by atoms with E-state index in [0.717, 1.165) is 10.8 Å². The molecule has 6 heteroatoms. The number of anilines is 1. The number of H-pyrrole nitrogens is 1. The van der Waals surface area contributed by atoms with Crippen LogP contribution in [0, 0.1) is 0 Å². The van der Waals surface area contributed by atoms with Gasteiger partial charge in [-0.3, -0.25) is 14.4 Å². The molecule has 0 spiro atoms. The molecule has 3 aromatic rings. The predicted octanol–water partition coefficient (Wildman–Crippen LogP) is 2.48. The maximum atomic E-state index is 12.0. The minimum Gasteiger partial charge on any atom is -0.481 e. The molecule has 23 heavy (non-hydrogen) atoms.